The van der Waals surface area contributed by atoms with Crippen molar-refractivity contribution in [1.82, 2.24) is 19.7 Å². The highest BCUT2D eigenvalue weighted by Crippen LogP contribution is 2.25. The van der Waals surface area contributed by atoms with Crippen LogP contribution < -0.4 is 0 Å². The molecule has 2 heterocycles. The van der Waals surface area contributed by atoms with Crippen LogP contribution in [0, 0.1) is 20.8 Å². The second-order valence-electron chi connectivity index (χ2n) is 7.74. The maximum Gasteiger partial charge on any atom is 0.199 e. The van der Waals surface area contributed by atoms with E-state index in [0.29, 0.717) is 17.0 Å². The number of hydrogen-bond acceptors (Lipinski definition) is 6. The molecule has 0 aliphatic carbocycles. The summed E-state index contributed by atoms with van der Waals surface area (Å²) >= 11 is 0. The Labute approximate surface area is 181 Å². The normalized spacial score (nSPS) is 11.9. The second-order valence-corrected chi connectivity index (χ2v) is 9.64. The first kappa shape index (κ1) is 21.1. The SMILES string of the molecule is Cc1ccc2nc(-c3ccc(CS(=O)(=O)c4c(C)cnn4CCO)c(C)c3)ncc2c1. The molecule has 8 heteroatoms. The van der Waals surface area contributed by atoms with E-state index in [-0.39, 0.29) is 23.9 Å². The van der Waals surface area contributed by atoms with Gasteiger partial charge in [0, 0.05) is 22.7 Å². The summed E-state index contributed by atoms with van der Waals surface area (Å²) in [6.07, 6.45) is 3.32. The number of aromatic nitrogens is 4. The largest absolute Gasteiger partial charge is 0.394 e. The molecule has 0 amide bonds. The van der Waals surface area contributed by atoms with E-state index >= 15 is 0 Å². The smallest absolute Gasteiger partial charge is 0.199 e. The maximum atomic E-state index is 13.1. The predicted octanol–water partition coefficient (Wildman–Crippen LogP) is 3.38. The minimum Gasteiger partial charge on any atom is -0.394 e. The molecule has 0 aliphatic rings. The summed E-state index contributed by atoms with van der Waals surface area (Å²) in [5.74, 6) is 0.459. The molecule has 0 bridgehead atoms. The first-order chi connectivity index (χ1) is 14.8. The minimum atomic E-state index is -3.63. The quantitative estimate of drug-likeness (QED) is 0.498. The number of aliphatic hydroxyl groups excluding tert-OH is 1. The van der Waals surface area contributed by atoms with E-state index in [1.807, 2.05) is 56.4 Å². The van der Waals surface area contributed by atoms with Crippen molar-refractivity contribution >= 4 is 20.7 Å². The van der Waals surface area contributed by atoms with Crippen LogP contribution in [0.2, 0.25) is 0 Å². The zero-order valence-electron chi connectivity index (χ0n) is 17.7. The Balaban J connectivity index is 1.65. The van der Waals surface area contributed by atoms with E-state index in [4.69, 9.17) is 0 Å². The molecule has 0 saturated carbocycles. The Morgan fingerprint density at radius 1 is 1.00 bits per heavy atom. The van der Waals surface area contributed by atoms with E-state index in [9.17, 15) is 13.5 Å². The molecular formula is C23H24N4O3S. The van der Waals surface area contributed by atoms with Gasteiger partial charge in [-0.2, -0.15) is 5.10 Å². The van der Waals surface area contributed by atoms with E-state index in [2.05, 4.69) is 15.1 Å². The first-order valence-electron chi connectivity index (χ1n) is 9.98. The number of aryl methyl sites for hydroxylation is 3. The van der Waals surface area contributed by atoms with Crippen LogP contribution in [0.25, 0.3) is 22.3 Å². The monoisotopic (exact) mass is 436 g/mol. The molecule has 7 nitrogen and oxygen atoms in total. The highest BCUT2D eigenvalue weighted by atomic mass is 32.2. The molecule has 0 unspecified atom stereocenters. The van der Waals surface area contributed by atoms with Crippen LogP contribution in [-0.2, 0) is 22.1 Å². The molecule has 0 spiro atoms. The fourth-order valence-corrected chi connectivity index (χ4v) is 5.56. The lowest BCUT2D eigenvalue weighted by Crippen LogP contribution is -2.16. The lowest BCUT2D eigenvalue weighted by molar-refractivity contribution is 0.263. The fraction of sp³-hybridized carbons (Fsp3) is 0.261. The third-order valence-corrected chi connectivity index (χ3v) is 7.06. The number of benzene rings is 2. The van der Waals surface area contributed by atoms with Gasteiger partial charge in [0.25, 0.3) is 0 Å². The summed E-state index contributed by atoms with van der Waals surface area (Å²) in [7, 11) is -3.63. The highest BCUT2D eigenvalue weighted by molar-refractivity contribution is 7.90. The highest BCUT2D eigenvalue weighted by Gasteiger charge is 2.24. The molecule has 2 aromatic heterocycles. The Morgan fingerprint density at radius 3 is 2.55 bits per heavy atom. The van der Waals surface area contributed by atoms with Gasteiger partial charge in [-0.05, 0) is 50.1 Å². The number of sulfone groups is 1. The molecule has 4 aromatic rings. The topological polar surface area (TPSA) is 98.0 Å². The molecule has 0 saturated heterocycles. The summed E-state index contributed by atoms with van der Waals surface area (Å²) in [5, 5.41) is 14.4. The first-order valence-corrected chi connectivity index (χ1v) is 11.6. The third-order valence-electron chi connectivity index (χ3n) is 5.25. The number of rotatable bonds is 6. The van der Waals surface area contributed by atoms with E-state index in [1.165, 1.54) is 10.9 Å². The van der Waals surface area contributed by atoms with Crippen LogP contribution in [0.5, 0.6) is 0 Å². The Bertz CT molecular complexity index is 1380. The van der Waals surface area contributed by atoms with Crippen molar-refractivity contribution in [2.45, 2.75) is 38.1 Å². The molecule has 2 aromatic carbocycles. The van der Waals surface area contributed by atoms with Crippen molar-refractivity contribution in [3.05, 3.63) is 71.0 Å². The van der Waals surface area contributed by atoms with Gasteiger partial charge in [-0.25, -0.2) is 18.4 Å². The van der Waals surface area contributed by atoms with Gasteiger partial charge in [0.2, 0.25) is 0 Å². The van der Waals surface area contributed by atoms with Crippen LogP contribution >= 0.6 is 0 Å². The third kappa shape index (κ3) is 4.22. The Hall–Kier alpha value is -3.10. The van der Waals surface area contributed by atoms with Crippen LogP contribution in [-0.4, -0.2) is 39.9 Å². The van der Waals surface area contributed by atoms with Gasteiger partial charge < -0.3 is 5.11 Å². The van der Waals surface area contributed by atoms with Gasteiger partial charge in [0.1, 0.15) is 0 Å². The minimum absolute atomic E-state index is 0.138. The molecule has 160 valence electrons. The van der Waals surface area contributed by atoms with Crippen molar-refractivity contribution in [2.75, 3.05) is 6.61 Å². The van der Waals surface area contributed by atoms with Gasteiger partial charge in [0.15, 0.2) is 20.7 Å². The summed E-state index contributed by atoms with van der Waals surface area (Å²) in [6, 6.07) is 11.6. The molecule has 0 aliphatic heterocycles. The molecule has 4 rings (SSSR count). The average molecular weight is 437 g/mol. The Kier molecular flexibility index (Phi) is 5.60. The molecule has 0 atom stereocenters. The lowest BCUT2D eigenvalue weighted by atomic mass is 10.1. The van der Waals surface area contributed by atoms with E-state index in [0.717, 1.165) is 27.6 Å². The number of hydrogen-bond donors (Lipinski definition) is 1. The van der Waals surface area contributed by atoms with E-state index in [1.54, 1.807) is 6.92 Å². The standard InChI is InChI=1S/C23H24N4O3S/c1-15-4-7-21-20(10-15)13-24-22(26-21)18-5-6-19(16(2)11-18)14-31(29,30)23-17(3)12-25-27(23)8-9-28/h4-7,10-13,28H,8-9,14H2,1-3H3. The molecule has 1 N–H and O–H groups in total. The lowest BCUT2D eigenvalue weighted by Gasteiger charge is -2.12. The number of fused-ring (bicyclic) bond motifs is 1. The van der Waals surface area contributed by atoms with Crippen molar-refractivity contribution < 1.29 is 13.5 Å². The van der Waals surface area contributed by atoms with Gasteiger partial charge in [-0.3, -0.25) is 4.68 Å². The Morgan fingerprint density at radius 2 is 1.81 bits per heavy atom. The van der Waals surface area contributed by atoms with Crippen LogP contribution in [0.4, 0.5) is 0 Å². The fourth-order valence-electron chi connectivity index (χ4n) is 3.69. The molecule has 0 fully saturated rings. The van der Waals surface area contributed by atoms with Crippen molar-refractivity contribution in [3.8, 4) is 11.4 Å². The van der Waals surface area contributed by atoms with Gasteiger partial charge in [0.05, 0.1) is 30.6 Å². The van der Waals surface area contributed by atoms with Crippen molar-refractivity contribution in [2.24, 2.45) is 0 Å². The molecule has 31 heavy (non-hydrogen) atoms. The predicted molar refractivity (Wildman–Crippen MR) is 119 cm³/mol. The maximum absolute atomic E-state index is 13.1. The van der Waals surface area contributed by atoms with Crippen molar-refractivity contribution in [3.63, 3.8) is 0 Å². The summed E-state index contributed by atoms with van der Waals surface area (Å²) in [5.41, 5.74) is 4.98. The summed E-state index contributed by atoms with van der Waals surface area (Å²) in [4.78, 5) is 9.13. The van der Waals surface area contributed by atoms with Crippen molar-refractivity contribution in [1.29, 1.82) is 0 Å². The second kappa shape index (κ2) is 8.20. The zero-order valence-corrected chi connectivity index (χ0v) is 18.5. The molecular weight excluding hydrogens is 412 g/mol. The summed E-state index contributed by atoms with van der Waals surface area (Å²) in [6.45, 7) is 5.59. The van der Waals surface area contributed by atoms with Gasteiger partial charge >= 0.3 is 0 Å². The van der Waals surface area contributed by atoms with Crippen LogP contribution in [0.1, 0.15) is 22.3 Å². The van der Waals surface area contributed by atoms with Crippen LogP contribution in [0.15, 0.2) is 53.8 Å². The number of aliphatic hydroxyl groups is 1. The summed E-state index contributed by atoms with van der Waals surface area (Å²) < 4.78 is 27.5. The van der Waals surface area contributed by atoms with Gasteiger partial charge in [-0.1, -0.05) is 23.8 Å². The molecule has 0 radical (unpaired) electrons. The van der Waals surface area contributed by atoms with Gasteiger partial charge in [-0.15, -0.1) is 0 Å². The van der Waals surface area contributed by atoms with E-state index < -0.39 is 9.84 Å². The zero-order chi connectivity index (χ0) is 22.2. The average Bonchev–Trinajstić information content (AvgIpc) is 3.10. The number of nitrogens with zero attached hydrogens (tertiary/aromatic N) is 4. The van der Waals surface area contributed by atoms with Crippen LogP contribution in [0.3, 0.4) is 0 Å².